The molecule has 0 aliphatic heterocycles. The summed E-state index contributed by atoms with van der Waals surface area (Å²) in [5.41, 5.74) is 1.12. The van der Waals surface area contributed by atoms with E-state index in [0.29, 0.717) is 13.2 Å². The van der Waals surface area contributed by atoms with Gasteiger partial charge in [0, 0.05) is 13.6 Å². The van der Waals surface area contributed by atoms with E-state index in [1.54, 1.807) is 0 Å². The Morgan fingerprint density at radius 2 is 2.06 bits per heavy atom. The molecular formula is C11H17NO3S. The van der Waals surface area contributed by atoms with Crippen LogP contribution in [-0.4, -0.2) is 39.2 Å². The molecule has 0 bridgehead atoms. The predicted molar refractivity (Wildman–Crippen MR) is 64.1 cm³/mol. The molecule has 0 unspecified atom stereocenters. The van der Waals surface area contributed by atoms with E-state index in [4.69, 9.17) is 4.74 Å². The number of hydrogen-bond acceptors (Lipinski definition) is 3. The van der Waals surface area contributed by atoms with Crippen LogP contribution in [0, 0.1) is 6.92 Å². The molecule has 4 nitrogen and oxygen atoms in total. The van der Waals surface area contributed by atoms with E-state index in [2.05, 4.69) is 0 Å². The van der Waals surface area contributed by atoms with Crippen molar-refractivity contribution in [1.82, 2.24) is 4.31 Å². The van der Waals surface area contributed by atoms with Gasteiger partial charge in [-0.05, 0) is 24.6 Å². The number of hydrogen-bond donors (Lipinski definition) is 0. The van der Waals surface area contributed by atoms with E-state index in [9.17, 15) is 8.42 Å². The topological polar surface area (TPSA) is 46.6 Å². The van der Waals surface area contributed by atoms with Gasteiger partial charge >= 0.3 is 0 Å². The smallest absolute Gasteiger partial charge is 0.211 e. The zero-order valence-corrected chi connectivity index (χ0v) is 10.6. The summed E-state index contributed by atoms with van der Waals surface area (Å²) in [4.78, 5) is 0. The second-order valence-electron chi connectivity index (χ2n) is 3.75. The molecule has 0 aliphatic rings. The monoisotopic (exact) mass is 243 g/mol. The van der Waals surface area contributed by atoms with Crippen molar-refractivity contribution in [3.05, 3.63) is 29.8 Å². The van der Waals surface area contributed by atoms with Crippen molar-refractivity contribution in [3.63, 3.8) is 0 Å². The fraction of sp³-hybridized carbons (Fsp3) is 0.455. The van der Waals surface area contributed by atoms with Gasteiger partial charge in [0.1, 0.15) is 12.4 Å². The lowest BCUT2D eigenvalue weighted by molar-refractivity contribution is 0.287. The second-order valence-corrected chi connectivity index (χ2v) is 5.84. The molecule has 0 fully saturated rings. The van der Waals surface area contributed by atoms with Gasteiger partial charge in [-0.3, -0.25) is 0 Å². The zero-order valence-electron chi connectivity index (χ0n) is 9.80. The molecule has 1 rings (SSSR count). The van der Waals surface area contributed by atoms with Crippen molar-refractivity contribution >= 4 is 10.0 Å². The third-order valence-electron chi connectivity index (χ3n) is 2.23. The summed E-state index contributed by atoms with van der Waals surface area (Å²) >= 11 is 0. The molecule has 0 heterocycles. The molecule has 0 spiro atoms. The van der Waals surface area contributed by atoms with Crippen LogP contribution in [0.4, 0.5) is 0 Å². The average molecular weight is 243 g/mol. The third kappa shape index (κ3) is 4.20. The number of likely N-dealkylation sites (N-methyl/N-ethyl adjacent to an activating group) is 1. The van der Waals surface area contributed by atoms with Crippen LogP contribution in [0.15, 0.2) is 24.3 Å². The maximum absolute atomic E-state index is 11.1. The normalized spacial score (nSPS) is 11.8. The maximum Gasteiger partial charge on any atom is 0.211 e. The molecule has 90 valence electrons. The van der Waals surface area contributed by atoms with E-state index in [1.807, 2.05) is 31.2 Å². The molecule has 1 aromatic carbocycles. The molecule has 0 aliphatic carbocycles. The third-order valence-corrected chi connectivity index (χ3v) is 3.55. The molecule has 1 aromatic rings. The van der Waals surface area contributed by atoms with Crippen LogP contribution in [0.5, 0.6) is 5.75 Å². The number of benzene rings is 1. The highest BCUT2D eigenvalue weighted by molar-refractivity contribution is 7.88. The van der Waals surface area contributed by atoms with Gasteiger partial charge in [-0.2, -0.15) is 0 Å². The Morgan fingerprint density at radius 3 is 2.62 bits per heavy atom. The quantitative estimate of drug-likeness (QED) is 0.782. The molecule has 5 heteroatoms. The standard InChI is InChI=1S/C11H17NO3S/c1-10-5-4-6-11(9-10)15-8-7-12(2)16(3,13)14/h4-6,9H,7-8H2,1-3H3. The highest BCUT2D eigenvalue weighted by atomic mass is 32.2. The zero-order chi connectivity index (χ0) is 12.2. The molecular weight excluding hydrogens is 226 g/mol. The van der Waals surface area contributed by atoms with Crippen molar-refractivity contribution in [2.24, 2.45) is 0 Å². The van der Waals surface area contributed by atoms with E-state index < -0.39 is 10.0 Å². The van der Waals surface area contributed by atoms with Crippen molar-refractivity contribution in [3.8, 4) is 5.75 Å². The first-order chi connectivity index (χ1) is 7.39. The number of nitrogens with zero attached hydrogens (tertiary/aromatic N) is 1. The summed E-state index contributed by atoms with van der Waals surface area (Å²) in [6, 6.07) is 7.66. The lowest BCUT2D eigenvalue weighted by Crippen LogP contribution is -2.29. The molecule has 0 atom stereocenters. The number of rotatable bonds is 5. The van der Waals surface area contributed by atoms with Gasteiger partial charge in [0.05, 0.1) is 6.26 Å². The molecule has 0 radical (unpaired) electrons. The van der Waals surface area contributed by atoms with Crippen molar-refractivity contribution in [2.45, 2.75) is 6.92 Å². The highest BCUT2D eigenvalue weighted by Gasteiger charge is 2.09. The minimum absolute atomic E-state index is 0.354. The van der Waals surface area contributed by atoms with Crippen LogP contribution in [0.3, 0.4) is 0 Å². The molecule has 0 amide bonds. The first-order valence-electron chi connectivity index (χ1n) is 5.00. The van der Waals surface area contributed by atoms with E-state index in [0.717, 1.165) is 11.3 Å². The predicted octanol–water partition coefficient (Wildman–Crippen LogP) is 1.27. The fourth-order valence-corrected chi connectivity index (χ4v) is 1.57. The Hall–Kier alpha value is -1.07. The summed E-state index contributed by atoms with van der Waals surface area (Å²) in [6.45, 7) is 2.69. The highest BCUT2D eigenvalue weighted by Crippen LogP contribution is 2.12. The largest absolute Gasteiger partial charge is 0.492 e. The van der Waals surface area contributed by atoms with Gasteiger partial charge in [0.2, 0.25) is 10.0 Å². The maximum atomic E-state index is 11.1. The first-order valence-corrected chi connectivity index (χ1v) is 6.85. The fourth-order valence-electron chi connectivity index (χ4n) is 1.16. The van der Waals surface area contributed by atoms with Gasteiger partial charge in [-0.15, -0.1) is 0 Å². The summed E-state index contributed by atoms with van der Waals surface area (Å²) in [6.07, 6.45) is 1.18. The van der Waals surface area contributed by atoms with Crippen LogP contribution in [-0.2, 0) is 10.0 Å². The molecule has 0 aromatic heterocycles. The molecule has 16 heavy (non-hydrogen) atoms. The number of sulfonamides is 1. The lowest BCUT2D eigenvalue weighted by Gasteiger charge is -2.14. The van der Waals surface area contributed by atoms with Gasteiger partial charge in [0.25, 0.3) is 0 Å². The van der Waals surface area contributed by atoms with Crippen LogP contribution in [0.2, 0.25) is 0 Å². The Balaban J connectivity index is 2.42. The Labute approximate surface area is 96.9 Å². The minimum Gasteiger partial charge on any atom is -0.492 e. The van der Waals surface area contributed by atoms with Crippen LogP contribution >= 0.6 is 0 Å². The number of ether oxygens (including phenoxy) is 1. The summed E-state index contributed by atoms with van der Waals surface area (Å²) in [7, 11) is -1.58. The first kappa shape index (κ1) is 13.0. The van der Waals surface area contributed by atoms with E-state index >= 15 is 0 Å². The minimum atomic E-state index is -3.11. The summed E-state index contributed by atoms with van der Waals surface area (Å²) in [5, 5.41) is 0. The average Bonchev–Trinajstić information content (AvgIpc) is 2.16. The van der Waals surface area contributed by atoms with Crippen molar-refractivity contribution in [2.75, 3.05) is 26.5 Å². The van der Waals surface area contributed by atoms with E-state index in [-0.39, 0.29) is 0 Å². The lowest BCUT2D eigenvalue weighted by atomic mass is 10.2. The summed E-state index contributed by atoms with van der Waals surface area (Å²) in [5.74, 6) is 0.766. The molecule has 0 saturated heterocycles. The SMILES string of the molecule is Cc1cccc(OCCN(C)S(C)(=O)=O)c1. The van der Waals surface area contributed by atoms with Crippen molar-refractivity contribution < 1.29 is 13.2 Å². The van der Waals surface area contributed by atoms with Crippen molar-refractivity contribution in [1.29, 1.82) is 0 Å². The van der Waals surface area contributed by atoms with Crippen LogP contribution in [0.1, 0.15) is 5.56 Å². The Kier molecular flexibility index (Phi) is 4.32. The van der Waals surface area contributed by atoms with Crippen LogP contribution < -0.4 is 4.74 Å². The van der Waals surface area contributed by atoms with Crippen LogP contribution in [0.25, 0.3) is 0 Å². The Bertz CT molecular complexity index is 442. The van der Waals surface area contributed by atoms with Gasteiger partial charge in [-0.1, -0.05) is 12.1 Å². The second kappa shape index (κ2) is 5.32. The molecule has 0 N–H and O–H groups in total. The van der Waals surface area contributed by atoms with Gasteiger partial charge in [0.15, 0.2) is 0 Å². The Morgan fingerprint density at radius 1 is 1.38 bits per heavy atom. The van der Waals surface area contributed by atoms with Gasteiger partial charge in [-0.25, -0.2) is 12.7 Å². The summed E-state index contributed by atoms with van der Waals surface area (Å²) < 4.78 is 28.9. The number of aryl methyl sites for hydroxylation is 1. The molecule has 0 saturated carbocycles. The van der Waals surface area contributed by atoms with E-state index in [1.165, 1.54) is 17.6 Å². The van der Waals surface area contributed by atoms with Gasteiger partial charge < -0.3 is 4.74 Å².